The molecule has 21 heavy (non-hydrogen) atoms. The Labute approximate surface area is 137 Å². The van der Waals surface area contributed by atoms with Gasteiger partial charge in [-0.25, -0.2) is 0 Å². The molecule has 0 amide bonds. The van der Waals surface area contributed by atoms with Crippen molar-refractivity contribution in [3.05, 3.63) is 34.4 Å². The van der Waals surface area contributed by atoms with Gasteiger partial charge >= 0.3 is 0 Å². The van der Waals surface area contributed by atoms with Gasteiger partial charge in [0.2, 0.25) is 0 Å². The quantitative estimate of drug-likeness (QED) is 0.517. The minimum Gasteiger partial charge on any atom is -0.417 e. The second-order valence-corrected chi connectivity index (χ2v) is 12.9. The van der Waals surface area contributed by atoms with Gasteiger partial charge in [0, 0.05) is 28.2 Å². The first-order valence-corrected chi connectivity index (χ1v) is 11.3. The molecule has 0 radical (unpaired) electrons. The predicted molar refractivity (Wildman–Crippen MR) is 97.5 cm³/mol. The highest BCUT2D eigenvalue weighted by molar-refractivity contribution is 9.10. The van der Waals surface area contributed by atoms with Crippen molar-refractivity contribution in [3.63, 3.8) is 0 Å². The van der Waals surface area contributed by atoms with Gasteiger partial charge in [0.25, 0.3) is 0 Å². The molecule has 4 heteroatoms. The Morgan fingerprint density at radius 2 is 1.95 bits per heavy atom. The molecular weight excluding hydrogens is 342 g/mol. The molecule has 0 aliphatic heterocycles. The molecule has 1 aromatic carbocycles. The maximum absolute atomic E-state index is 6.25. The molecule has 0 spiro atoms. The SMILES string of the molecule is CC(C)(C)[Si](C)(C)OCCCc1c[nH]c2ccc(Br)cc12. The zero-order valence-electron chi connectivity index (χ0n) is 13.7. The van der Waals surface area contributed by atoms with E-state index in [-0.39, 0.29) is 0 Å². The van der Waals surface area contributed by atoms with E-state index in [4.69, 9.17) is 4.43 Å². The van der Waals surface area contributed by atoms with Gasteiger partial charge in [-0.3, -0.25) is 0 Å². The van der Waals surface area contributed by atoms with Crippen molar-refractivity contribution >= 4 is 35.2 Å². The molecule has 0 unspecified atom stereocenters. The van der Waals surface area contributed by atoms with Crippen molar-refractivity contribution in [1.29, 1.82) is 0 Å². The Bertz CT molecular complexity index is 613. The van der Waals surface area contributed by atoms with E-state index < -0.39 is 8.32 Å². The van der Waals surface area contributed by atoms with E-state index in [1.165, 1.54) is 16.5 Å². The lowest BCUT2D eigenvalue weighted by atomic mass is 10.1. The Kier molecular flexibility index (Phi) is 5.01. The third-order valence-corrected chi connectivity index (χ3v) is 9.62. The van der Waals surface area contributed by atoms with Crippen LogP contribution in [0.4, 0.5) is 0 Å². The number of halogens is 1. The summed E-state index contributed by atoms with van der Waals surface area (Å²) < 4.78 is 7.38. The summed E-state index contributed by atoms with van der Waals surface area (Å²) in [5.74, 6) is 0. The summed E-state index contributed by atoms with van der Waals surface area (Å²) in [4.78, 5) is 3.34. The van der Waals surface area contributed by atoms with Crippen LogP contribution in [0.15, 0.2) is 28.9 Å². The molecule has 0 atom stereocenters. The first kappa shape index (κ1) is 16.8. The number of H-pyrrole nitrogens is 1. The van der Waals surface area contributed by atoms with Gasteiger partial charge in [0.15, 0.2) is 8.32 Å². The van der Waals surface area contributed by atoms with Crippen LogP contribution in [-0.4, -0.2) is 19.9 Å². The second-order valence-electron chi connectivity index (χ2n) is 7.22. The fourth-order valence-corrected chi connectivity index (χ4v) is 3.61. The highest BCUT2D eigenvalue weighted by atomic mass is 79.9. The molecule has 2 nitrogen and oxygen atoms in total. The average molecular weight is 368 g/mol. The molecule has 0 fully saturated rings. The number of aryl methyl sites for hydroxylation is 1. The number of hydrogen-bond acceptors (Lipinski definition) is 1. The number of hydrogen-bond donors (Lipinski definition) is 1. The molecular formula is C17H26BrNOSi. The van der Waals surface area contributed by atoms with Crippen molar-refractivity contribution < 1.29 is 4.43 Å². The number of rotatable bonds is 5. The maximum Gasteiger partial charge on any atom is 0.191 e. The fourth-order valence-electron chi connectivity index (χ4n) is 2.16. The first-order chi connectivity index (χ1) is 9.71. The third-order valence-electron chi connectivity index (χ3n) is 4.59. The van der Waals surface area contributed by atoms with E-state index in [1.54, 1.807) is 0 Å². The lowest BCUT2D eigenvalue weighted by Gasteiger charge is -2.36. The topological polar surface area (TPSA) is 25.0 Å². The highest BCUT2D eigenvalue weighted by Crippen LogP contribution is 2.36. The van der Waals surface area contributed by atoms with Crippen LogP contribution >= 0.6 is 15.9 Å². The van der Waals surface area contributed by atoms with Gasteiger partial charge in [-0.1, -0.05) is 36.7 Å². The monoisotopic (exact) mass is 367 g/mol. The van der Waals surface area contributed by atoms with E-state index in [1.807, 2.05) is 0 Å². The minimum atomic E-state index is -1.60. The molecule has 2 rings (SSSR count). The van der Waals surface area contributed by atoms with Crippen LogP contribution < -0.4 is 0 Å². The molecule has 0 aliphatic rings. The lowest BCUT2D eigenvalue weighted by Crippen LogP contribution is -2.41. The van der Waals surface area contributed by atoms with E-state index in [0.29, 0.717) is 5.04 Å². The highest BCUT2D eigenvalue weighted by Gasteiger charge is 2.36. The van der Waals surface area contributed by atoms with Crippen molar-refractivity contribution in [2.45, 2.75) is 51.7 Å². The first-order valence-electron chi connectivity index (χ1n) is 7.60. The van der Waals surface area contributed by atoms with Gasteiger partial charge < -0.3 is 9.41 Å². The summed E-state index contributed by atoms with van der Waals surface area (Å²) in [7, 11) is -1.60. The largest absolute Gasteiger partial charge is 0.417 e. The number of nitrogens with one attached hydrogen (secondary N) is 1. The minimum absolute atomic E-state index is 0.290. The van der Waals surface area contributed by atoms with E-state index in [0.717, 1.165) is 23.9 Å². The van der Waals surface area contributed by atoms with Crippen molar-refractivity contribution in [3.8, 4) is 0 Å². The standard InChI is InChI=1S/C17H26BrNOSi/c1-17(2,3)21(4,5)20-10-6-7-13-12-19-16-9-8-14(18)11-15(13)16/h8-9,11-12,19H,6-7,10H2,1-5H3. The summed E-state index contributed by atoms with van der Waals surface area (Å²) in [5, 5.41) is 1.61. The summed E-state index contributed by atoms with van der Waals surface area (Å²) in [5.41, 5.74) is 2.59. The fraction of sp³-hybridized carbons (Fsp3) is 0.529. The maximum atomic E-state index is 6.25. The summed E-state index contributed by atoms with van der Waals surface area (Å²) in [6, 6.07) is 6.38. The van der Waals surface area contributed by atoms with E-state index >= 15 is 0 Å². The molecule has 0 saturated carbocycles. The van der Waals surface area contributed by atoms with Crippen molar-refractivity contribution in [2.75, 3.05) is 6.61 Å². The normalized spacial score (nSPS) is 13.0. The molecule has 1 N–H and O–H groups in total. The average Bonchev–Trinajstić information content (AvgIpc) is 2.76. The Morgan fingerprint density at radius 3 is 2.62 bits per heavy atom. The van der Waals surface area contributed by atoms with Gasteiger partial charge in [-0.05, 0) is 54.7 Å². The smallest absolute Gasteiger partial charge is 0.191 e. The van der Waals surface area contributed by atoms with Crippen LogP contribution in [-0.2, 0) is 10.8 Å². The van der Waals surface area contributed by atoms with Crippen LogP contribution in [0.5, 0.6) is 0 Å². The zero-order valence-corrected chi connectivity index (χ0v) is 16.3. The molecule has 0 aliphatic carbocycles. The number of aromatic nitrogens is 1. The van der Waals surface area contributed by atoms with Gasteiger partial charge in [0.1, 0.15) is 0 Å². The van der Waals surface area contributed by atoms with E-state index in [2.05, 4.69) is 79.2 Å². The van der Waals surface area contributed by atoms with Gasteiger partial charge in [-0.15, -0.1) is 0 Å². The van der Waals surface area contributed by atoms with Crippen LogP contribution in [0.25, 0.3) is 10.9 Å². The molecule has 0 saturated heterocycles. The van der Waals surface area contributed by atoms with Crippen LogP contribution in [0, 0.1) is 0 Å². The summed E-state index contributed by atoms with van der Waals surface area (Å²) in [6.07, 6.45) is 4.26. The summed E-state index contributed by atoms with van der Waals surface area (Å²) in [6.45, 7) is 12.4. The summed E-state index contributed by atoms with van der Waals surface area (Å²) >= 11 is 3.55. The van der Waals surface area contributed by atoms with Crippen LogP contribution in [0.2, 0.25) is 18.1 Å². The van der Waals surface area contributed by atoms with Gasteiger partial charge in [-0.2, -0.15) is 0 Å². The van der Waals surface area contributed by atoms with Crippen LogP contribution in [0.3, 0.4) is 0 Å². The molecule has 0 bridgehead atoms. The molecule has 2 aromatic rings. The zero-order chi connectivity index (χ0) is 15.7. The molecule has 1 aromatic heterocycles. The third kappa shape index (κ3) is 3.99. The van der Waals surface area contributed by atoms with Crippen molar-refractivity contribution in [1.82, 2.24) is 4.98 Å². The van der Waals surface area contributed by atoms with E-state index in [9.17, 15) is 0 Å². The number of aromatic amines is 1. The Hall–Kier alpha value is -0.583. The van der Waals surface area contributed by atoms with Crippen LogP contribution in [0.1, 0.15) is 32.8 Å². The Balaban J connectivity index is 1.93. The lowest BCUT2D eigenvalue weighted by molar-refractivity contribution is 0.282. The van der Waals surface area contributed by atoms with Gasteiger partial charge in [0.05, 0.1) is 0 Å². The predicted octanol–water partition coefficient (Wildman–Crippen LogP) is 5.88. The van der Waals surface area contributed by atoms with Crippen molar-refractivity contribution in [2.24, 2.45) is 0 Å². The molecule has 1 heterocycles. The number of fused-ring (bicyclic) bond motifs is 1. The molecule has 116 valence electrons. The number of benzene rings is 1. The Morgan fingerprint density at radius 1 is 1.24 bits per heavy atom. The second kappa shape index (κ2) is 6.27.